The van der Waals surface area contributed by atoms with Crippen molar-refractivity contribution >= 4 is 31.9 Å². The van der Waals surface area contributed by atoms with Crippen molar-refractivity contribution in [3.8, 4) is 0 Å². The summed E-state index contributed by atoms with van der Waals surface area (Å²) in [5.41, 5.74) is 0. The molecule has 0 unspecified atom stereocenters. The number of hydrogen-bond acceptors (Lipinski definition) is 3. The summed E-state index contributed by atoms with van der Waals surface area (Å²) in [7, 11) is -3.12. The van der Waals surface area contributed by atoms with Crippen molar-refractivity contribution in [3.05, 3.63) is 11.1 Å². The molecular weight excluding hydrogens is 308 g/mol. The van der Waals surface area contributed by atoms with Crippen molar-refractivity contribution in [2.24, 2.45) is 5.92 Å². The molecule has 1 aliphatic rings. The predicted molar refractivity (Wildman–Crippen MR) is 70.2 cm³/mol. The van der Waals surface area contributed by atoms with Gasteiger partial charge < -0.3 is 5.32 Å². The first kappa shape index (κ1) is 14.7. The molecule has 98 valence electrons. The van der Waals surface area contributed by atoms with Crippen molar-refractivity contribution in [1.82, 2.24) is 9.62 Å². The molecule has 0 aromatic carbocycles. The van der Waals surface area contributed by atoms with Gasteiger partial charge in [0.25, 0.3) is 0 Å². The molecule has 0 saturated carbocycles. The zero-order chi connectivity index (χ0) is 13.1. The van der Waals surface area contributed by atoms with Crippen molar-refractivity contribution in [3.63, 3.8) is 0 Å². The van der Waals surface area contributed by atoms with Gasteiger partial charge in [0, 0.05) is 30.0 Å². The maximum Gasteiger partial charge on any atom is 0.223 e. The van der Waals surface area contributed by atoms with Gasteiger partial charge in [-0.05, 0) is 12.8 Å². The number of hydrogen-bond donors (Lipinski definition) is 1. The van der Waals surface area contributed by atoms with E-state index in [4.69, 9.17) is 0 Å². The summed E-state index contributed by atoms with van der Waals surface area (Å²) in [5, 5.41) is 2.75. The maximum atomic E-state index is 11.7. The van der Waals surface area contributed by atoms with Crippen LogP contribution in [0.25, 0.3) is 0 Å². The molecule has 0 bridgehead atoms. The largest absolute Gasteiger partial charge is 0.351 e. The van der Waals surface area contributed by atoms with Crippen molar-refractivity contribution in [2.75, 3.05) is 25.9 Å². The predicted octanol–water partition coefficient (Wildman–Crippen LogP) is 0.683. The number of carbonyl (C=O) groups is 1. The fourth-order valence-electron chi connectivity index (χ4n) is 1.78. The average Bonchev–Trinajstić information content (AvgIpc) is 2.25. The monoisotopic (exact) mass is 324 g/mol. The summed E-state index contributed by atoms with van der Waals surface area (Å²) in [6, 6.07) is 0. The molecule has 0 aromatic heterocycles. The molecule has 0 atom stereocenters. The van der Waals surface area contributed by atoms with Crippen LogP contribution >= 0.6 is 15.9 Å². The summed E-state index contributed by atoms with van der Waals surface area (Å²) in [5.74, 6) is -0.126. The molecule has 1 aliphatic heterocycles. The van der Waals surface area contributed by atoms with Crippen LogP contribution in [0.3, 0.4) is 0 Å². The van der Waals surface area contributed by atoms with E-state index in [2.05, 4.69) is 27.8 Å². The summed E-state index contributed by atoms with van der Waals surface area (Å²) >= 11 is 3.17. The van der Waals surface area contributed by atoms with Gasteiger partial charge in [-0.25, -0.2) is 12.7 Å². The van der Waals surface area contributed by atoms with E-state index in [-0.39, 0.29) is 11.8 Å². The smallest absolute Gasteiger partial charge is 0.223 e. The van der Waals surface area contributed by atoms with E-state index >= 15 is 0 Å². The van der Waals surface area contributed by atoms with Crippen LogP contribution in [0.4, 0.5) is 0 Å². The first-order chi connectivity index (χ1) is 7.80. The summed E-state index contributed by atoms with van der Waals surface area (Å²) in [6.45, 7) is 4.88. The van der Waals surface area contributed by atoms with Gasteiger partial charge in [-0.2, -0.15) is 0 Å². The number of halogens is 1. The van der Waals surface area contributed by atoms with Gasteiger partial charge in [-0.15, -0.1) is 0 Å². The van der Waals surface area contributed by atoms with Crippen LogP contribution in [-0.2, 0) is 14.8 Å². The van der Waals surface area contributed by atoms with E-state index in [0.717, 1.165) is 4.48 Å². The molecule has 5 nitrogen and oxygen atoms in total. The zero-order valence-electron chi connectivity index (χ0n) is 9.78. The van der Waals surface area contributed by atoms with Crippen molar-refractivity contribution < 1.29 is 13.2 Å². The number of rotatable bonds is 4. The third-order valence-corrected chi connectivity index (χ3v) is 4.33. The van der Waals surface area contributed by atoms with Crippen LogP contribution in [0.15, 0.2) is 11.1 Å². The molecular formula is C10H17BrN2O3S. The Morgan fingerprint density at radius 3 is 2.41 bits per heavy atom. The topological polar surface area (TPSA) is 66.5 Å². The highest BCUT2D eigenvalue weighted by molar-refractivity contribution is 9.11. The number of carbonyl (C=O) groups excluding carboxylic acids is 1. The molecule has 1 heterocycles. The van der Waals surface area contributed by atoms with E-state index < -0.39 is 10.0 Å². The molecule has 0 radical (unpaired) electrons. The Kier molecular flexibility index (Phi) is 5.15. The average molecular weight is 325 g/mol. The molecule has 1 amide bonds. The minimum atomic E-state index is -3.12. The fraction of sp³-hybridized carbons (Fsp3) is 0.700. The quantitative estimate of drug-likeness (QED) is 0.827. The maximum absolute atomic E-state index is 11.7. The highest BCUT2D eigenvalue weighted by atomic mass is 79.9. The lowest BCUT2D eigenvalue weighted by Crippen LogP contribution is -2.42. The van der Waals surface area contributed by atoms with E-state index in [1.165, 1.54) is 10.6 Å². The van der Waals surface area contributed by atoms with Gasteiger partial charge in [0.05, 0.1) is 6.26 Å². The number of piperidine rings is 1. The third-order valence-electron chi connectivity index (χ3n) is 2.75. The molecule has 1 fully saturated rings. The second kappa shape index (κ2) is 5.97. The van der Waals surface area contributed by atoms with Crippen LogP contribution in [0.2, 0.25) is 0 Å². The van der Waals surface area contributed by atoms with Gasteiger partial charge >= 0.3 is 0 Å². The molecule has 1 saturated heterocycles. The molecule has 0 aromatic rings. The lowest BCUT2D eigenvalue weighted by molar-refractivity contribution is -0.125. The molecule has 1 rings (SSSR count). The van der Waals surface area contributed by atoms with Crippen LogP contribution in [0.5, 0.6) is 0 Å². The van der Waals surface area contributed by atoms with Crippen molar-refractivity contribution in [1.29, 1.82) is 0 Å². The van der Waals surface area contributed by atoms with Crippen molar-refractivity contribution in [2.45, 2.75) is 12.8 Å². The highest BCUT2D eigenvalue weighted by Gasteiger charge is 2.28. The van der Waals surface area contributed by atoms with Gasteiger partial charge in [-0.1, -0.05) is 22.5 Å². The standard InChI is InChI=1S/C10H17BrN2O3S/c1-8(11)7-12-10(14)9-3-5-13(6-4-9)17(2,15)16/h9H,1,3-7H2,2H3,(H,12,14). The minimum absolute atomic E-state index is 0.0289. The van der Waals surface area contributed by atoms with Crippen LogP contribution in [0.1, 0.15) is 12.8 Å². The zero-order valence-corrected chi connectivity index (χ0v) is 12.2. The number of sulfonamides is 1. The Balaban J connectivity index is 2.41. The second-order valence-electron chi connectivity index (χ2n) is 4.17. The number of amides is 1. The molecule has 1 N–H and O–H groups in total. The molecule has 17 heavy (non-hydrogen) atoms. The van der Waals surface area contributed by atoms with Gasteiger partial charge in [0.15, 0.2) is 0 Å². The van der Waals surface area contributed by atoms with Gasteiger partial charge in [0.1, 0.15) is 0 Å². The third kappa shape index (κ3) is 4.77. The molecule has 0 aliphatic carbocycles. The normalized spacial score (nSPS) is 18.9. The Bertz CT molecular complexity index is 400. The Labute approximate surface area is 110 Å². The lowest BCUT2D eigenvalue weighted by atomic mass is 9.97. The van der Waals surface area contributed by atoms with Crippen LogP contribution in [-0.4, -0.2) is 44.5 Å². The Morgan fingerprint density at radius 1 is 1.47 bits per heavy atom. The van der Waals surface area contributed by atoms with E-state index in [1.54, 1.807) is 0 Å². The minimum Gasteiger partial charge on any atom is -0.351 e. The fourth-order valence-corrected chi connectivity index (χ4v) is 2.79. The highest BCUT2D eigenvalue weighted by Crippen LogP contribution is 2.19. The Morgan fingerprint density at radius 2 is 2.00 bits per heavy atom. The summed E-state index contributed by atoms with van der Waals surface area (Å²) < 4.78 is 24.7. The summed E-state index contributed by atoms with van der Waals surface area (Å²) in [4.78, 5) is 11.7. The first-order valence-corrected chi connectivity index (χ1v) is 8.01. The van der Waals surface area contributed by atoms with Crippen LogP contribution in [0, 0.1) is 5.92 Å². The van der Waals surface area contributed by atoms with Crippen LogP contribution < -0.4 is 5.32 Å². The second-order valence-corrected chi connectivity index (χ2v) is 7.28. The van der Waals surface area contributed by atoms with Gasteiger partial charge in [-0.3, -0.25) is 4.79 Å². The molecule has 0 spiro atoms. The number of nitrogens with one attached hydrogen (secondary N) is 1. The first-order valence-electron chi connectivity index (χ1n) is 5.37. The number of nitrogens with zero attached hydrogens (tertiary/aromatic N) is 1. The van der Waals surface area contributed by atoms with E-state index in [1.807, 2.05) is 0 Å². The molecule has 7 heteroatoms. The summed E-state index contributed by atoms with van der Waals surface area (Å²) in [6.07, 6.45) is 2.35. The van der Waals surface area contributed by atoms with E-state index in [0.29, 0.717) is 32.5 Å². The Hall–Kier alpha value is -0.400. The SMILES string of the molecule is C=C(Br)CNC(=O)C1CCN(S(C)(=O)=O)CC1. The lowest BCUT2D eigenvalue weighted by Gasteiger charge is -2.29. The van der Waals surface area contributed by atoms with E-state index in [9.17, 15) is 13.2 Å². The van der Waals surface area contributed by atoms with Gasteiger partial charge in [0.2, 0.25) is 15.9 Å².